The number of aliphatic hydroxyl groups is 1. The van der Waals surface area contributed by atoms with Gasteiger partial charge in [-0.2, -0.15) is 17.4 Å². The van der Waals surface area contributed by atoms with Crippen molar-refractivity contribution in [2.75, 3.05) is 20.2 Å². The summed E-state index contributed by atoms with van der Waals surface area (Å²) in [5, 5.41) is 8.64. The van der Waals surface area contributed by atoms with Gasteiger partial charge in [0.2, 0.25) is 0 Å². The first-order chi connectivity index (χ1) is 7.44. The van der Waals surface area contributed by atoms with Crippen LogP contribution >= 0.6 is 0 Å². The Morgan fingerprint density at radius 1 is 1.38 bits per heavy atom. The Hall–Kier alpha value is -0.170. The summed E-state index contributed by atoms with van der Waals surface area (Å²) in [4.78, 5) is 0. The van der Waals surface area contributed by atoms with Gasteiger partial charge < -0.3 is 5.11 Å². The summed E-state index contributed by atoms with van der Waals surface area (Å²) in [5.74, 6) is 0. The Morgan fingerprint density at radius 3 is 2.50 bits per heavy atom. The topological polar surface area (TPSA) is 69.6 Å². The van der Waals surface area contributed by atoms with Crippen LogP contribution in [0.1, 0.15) is 39.5 Å². The molecule has 1 atom stereocenters. The Morgan fingerprint density at radius 2 is 2.00 bits per heavy atom. The molecule has 0 aromatic carbocycles. The molecule has 0 fully saturated rings. The van der Waals surface area contributed by atoms with E-state index in [-0.39, 0.29) is 12.6 Å². The van der Waals surface area contributed by atoms with Gasteiger partial charge in [-0.15, -0.1) is 0 Å². The van der Waals surface area contributed by atoms with Crippen molar-refractivity contribution in [3.8, 4) is 0 Å². The van der Waals surface area contributed by atoms with E-state index in [1.165, 1.54) is 11.4 Å². The van der Waals surface area contributed by atoms with Gasteiger partial charge in [0.05, 0.1) is 0 Å². The third kappa shape index (κ3) is 6.42. The average molecular weight is 252 g/mol. The molecule has 0 spiro atoms. The summed E-state index contributed by atoms with van der Waals surface area (Å²) < 4.78 is 27.3. The van der Waals surface area contributed by atoms with Crippen LogP contribution in [0.4, 0.5) is 0 Å². The zero-order valence-electron chi connectivity index (χ0n) is 10.4. The number of nitrogens with one attached hydrogen (secondary N) is 1. The smallest absolute Gasteiger partial charge is 0.279 e. The quantitative estimate of drug-likeness (QED) is 0.635. The fourth-order valence-corrected chi connectivity index (χ4v) is 2.50. The molecule has 0 heterocycles. The van der Waals surface area contributed by atoms with Gasteiger partial charge in [-0.3, -0.25) is 0 Å². The lowest BCUT2D eigenvalue weighted by Gasteiger charge is -2.20. The van der Waals surface area contributed by atoms with E-state index in [9.17, 15) is 8.42 Å². The molecule has 0 aliphatic carbocycles. The third-order valence-corrected chi connectivity index (χ3v) is 4.09. The Kier molecular flexibility index (Phi) is 7.91. The van der Waals surface area contributed by atoms with Crippen molar-refractivity contribution in [2.45, 2.75) is 45.6 Å². The molecular weight excluding hydrogens is 228 g/mol. The van der Waals surface area contributed by atoms with Gasteiger partial charge in [0.25, 0.3) is 10.2 Å². The van der Waals surface area contributed by atoms with Crippen molar-refractivity contribution in [1.29, 1.82) is 0 Å². The first kappa shape index (κ1) is 15.8. The molecule has 0 saturated heterocycles. The minimum Gasteiger partial charge on any atom is -0.396 e. The molecule has 1 unspecified atom stereocenters. The highest BCUT2D eigenvalue weighted by Crippen LogP contribution is 2.03. The van der Waals surface area contributed by atoms with Gasteiger partial charge in [-0.1, -0.05) is 19.8 Å². The first-order valence-electron chi connectivity index (χ1n) is 5.78. The lowest BCUT2D eigenvalue weighted by atomic mass is 10.2. The molecule has 0 aromatic rings. The van der Waals surface area contributed by atoms with Crippen LogP contribution in [0.2, 0.25) is 0 Å². The molecule has 0 bridgehead atoms. The second-order valence-corrected chi connectivity index (χ2v) is 5.87. The van der Waals surface area contributed by atoms with E-state index in [0.29, 0.717) is 13.0 Å². The lowest BCUT2D eigenvalue weighted by molar-refractivity contribution is 0.275. The molecule has 0 saturated carbocycles. The second-order valence-electron chi connectivity index (χ2n) is 4.06. The molecule has 0 aliphatic rings. The lowest BCUT2D eigenvalue weighted by Crippen LogP contribution is -2.43. The number of nitrogens with zero attached hydrogens (tertiary/aromatic N) is 1. The normalized spacial score (nSPS) is 14.3. The van der Waals surface area contributed by atoms with Gasteiger partial charge in [0, 0.05) is 26.2 Å². The molecule has 6 heteroatoms. The number of aliphatic hydroxyl groups excluding tert-OH is 1. The third-order valence-electron chi connectivity index (χ3n) is 2.38. The number of rotatable bonds is 9. The summed E-state index contributed by atoms with van der Waals surface area (Å²) >= 11 is 0. The first-order valence-corrected chi connectivity index (χ1v) is 7.22. The van der Waals surface area contributed by atoms with E-state index < -0.39 is 10.2 Å². The van der Waals surface area contributed by atoms with Crippen molar-refractivity contribution in [1.82, 2.24) is 9.03 Å². The maximum absolute atomic E-state index is 11.7. The molecule has 0 rings (SSSR count). The van der Waals surface area contributed by atoms with Crippen molar-refractivity contribution < 1.29 is 13.5 Å². The molecule has 2 N–H and O–H groups in total. The van der Waals surface area contributed by atoms with Gasteiger partial charge >= 0.3 is 0 Å². The van der Waals surface area contributed by atoms with Crippen molar-refractivity contribution >= 4 is 10.2 Å². The fourth-order valence-electron chi connectivity index (χ4n) is 1.33. The van der Waals surface area contributed by atoms with E-state index in [2.05, 4.69) is 11.6 Å². The van der Waals surface area contributed by atoms with E-state index in [4.69, 9.17) is 5.11 Å². The fraction of sp³-hybridized carbons (Fsp3) is 1.00. The summed E-state index contributed by atoms with van der Waals surface area (Å²) in [7, 11) is -1.87. The summed E-state index contributed by atoms with van der Waals surface area (Å²) in [6, 6.07) is -0.0403. The zero-order chi connectivity index (χ0) is 12.6. The summed E-state index contributed by atoms with van der Waals surface area (Å²) in [5.41, 5.74) is 0. The van der Waals surface area contributed by atoms with Crippen LogP contribution in [0.25, 0.3) is 0 Å². The van der Waals surface area contributed by atoms with Crippen LogP contribution in [-0.2, 0) is 10.2 Å². The van der Waals surface area contributed by atoms with E-state index in [1.807, 2.05) is 6.92 Å². The van der Waals surface area contributed by atoms with Crippen LogP contribution in [0.15, 0.2) is 0 Å². The Balaban J connectivity index is 4.11. The van der Waals surface area contributed by atoms with Gasteiger partial charge in [-0.25, -0.2) is 0 Å². The predicted octanol–water partition coefficient (Wildman–Crippen LogP) is 0.714. The minimum atomic E-state index is -3.39. The van der Waals surface area contributed by atoms with E-state index in [1.54, 1.807) is 0 Å². The summed E-state index contributed by atoms with van der Waals surface area (Å²) in [6.07, 6.45) is 3.39. The van der Waals surface area contributed by atoms with E-state index in [0.717, 1.165) is 19.3 Å². The maximum atomic E-state index is 11.7. The Bertz CT molecular complexity index is 267. The highest BCUT2D eigenvalue weighted by atomic mass is 32.2. The highest BCUT2D eigenvalue weighted by molar-refractivity contribution is 7.87. The van der Waals surface area contributed by atoms with Crippen LogP contribution in [-0.4, -0.2) is 44.1 Å². The number of hydrogen-bond acceptors (Lipinski definition) is 3. The zero-order valence-corrected chi connectivity index (χ0v) is 11.3. The molecule has 0 radical (unpaired) electrons. The maximum Gasteiger partial charge on any atom is 0.279 e. The minimum absolute atomic E-state index is 0.00521. The van der Waals surface area contributed by atoms with Crippen LogP contribution < -0.4 is 4.72 Å². The Labute approximate surface area is 99.0 Å². The van der Waals surface area contributed by atoms with Crippen molar-refractivity contribution in [3.05, 3.63) is 0 Å². The van der Waals surface area contributed by atoms with Crippen molar-refractivity contribution in [2.24, 2.45) is 0 Å². The van der Waals surface area contributed by atoms with Crippen molar-refractivity contribution in [3.63, 3.8) is 0 Å². The molecule has 0 aliphatic heterocycles. The number of hydrogen-bond donors (Lipinski definition) is 2. The average Bonchev–Trinajstić information content (AvgIpc) is 2.22. The monoisotopic (exact) mass is 252 g/mol. The van der Waals surface area contributed by atoms with Crippen LogP contribution in [0.5, 0.6) is 0 Å². The molecule has 5 nitrogen and oxygen atoms in total. The molecular formula is C10H24N2O3S. The highest BCUT2D eigenvalue weighted by Gasteiger charge is 2.19. The van der Waals surface area contributed by atoms with Gasteiger partial charge in [0.1, 0.15) is 0 Å². The number of unbranched alkanes of at least 4 members (excludes halogenated alkanes) is 1. The van der Waals surface area contributed by atoms with E-state index >= 15 is 0 Å². The van der Waals surface area contributed by atoms with Gasteiger partial charge in [0.15, 0.2) is 0 Å². The summed E-state index contributed by atoms with van der Waals surface area (Å²) in [6.45, 7) is 4.29. The van der Waals surface area contributed by atoms with Crippen LogP contribution in [0, 0.1) is 0 Å². The molecule has 0 aromatic heterocycles. The molecule has 16 heavy (non-hydrogen) atoms. The molecule has 0 amide bonds. The molecule has 98 valence electrons. The predicted molar refractivity (Wildman–Crippen MR) is 65.4 cm³/mol. The van der Waals surface area contributed by atoms with Gasteiger partial charge in [-0.05, 0) is 19.8 Å². The van der Waals surface area contributed by atoms with Crippen LogP contribution in [0.3, 0.4) is 0 Å². The SMILES string of the molecule is CCCCC(C)NS(=O)(=O)N(C)CCCO. The second kappa shape index (κ2) is 8.00. The largest absolute Gasteiger partial charge is 0.396 e. The standard InChI is InChI=1S/C10H24N2O3S/c1-4-5-7-10(2)11-16(14,15)12(3)8-6-9-13/h10-11,13H,4-9H2,1-3H3.